The minimum Gasteiger partial charge on any atom is -0.331 e. The van der Waals surface area contributed by atoms with Crippen LogP contribution in [-0.4, -0.2) is 47.6 Å². The minimum atomic E-state index is -0.235. The van der Waals surface area contributed by atoms with Crippen molar-refractivity contribution in [2.45, 2.75) is 44.7 Å². The standard InChI is InChI=1S/C24H28FN3OS/c25-19-8-6-18(7-9-19)17-28-21-10-15-30-23(21)16-22(28)24(29)27-13-11-26(12-14-27)20-4-2-1-3-5-20/h6-10,15-16,20H,1-5,11-14,17H2/p+1. The van der Waals surface area contributed by atoms with Crippen LogP contribution < -0.4 is 4.90 Å². The maximum absolute atomic E-state index is 13.5. The number of hydrogen-bond acceptors (Lipinski definition) is 2. The van der Waals surface area contributed by atoms with E-state index in [1.165, 1.54) is 44.2 Å². The molecule has 1 amide bonds. The average molecular weight is 427 g/mol. The summed E-state index contributed by atoms with van der Waals surface area (Å²) in [6.45, 7) is 4.36. The van der Waals surface area contributed by atoms with Crippen LogP contribution in [0.5, 0.6) is 0 Å². The van der Waals surface area contributed by atoms with Gasteiger partial charge in [0.25, 0.3) is 5.91 Å². The van der Waals surface area contributed by atoms with Gasteiger partial charge < -0.3 is 14.4 Å². The van der Waals surface area contributed by atoms with Gasteiger partial charge in [-0.25, -0.2) is 4.39 Å². The minimum absolute atomic E-state index is 0.128. The van der Waals surface area contributed by atoms with Crippen LogP contribution in [0.3, 0.4) is 0 Å². The molecule has 30 heavy (non-hydrogen) atoms. The number of fused-ring (bicyclic) bond motifs is 1. The fourth-order valence-corrected chi connectivity index (χ4v) is 6.00. The molecule has 1 aliphatic carbocycles. The molecular formula is C24H29FN3OS+. The van der Waals surface area contributed by atoms with Gasteiger partial charge in [-0.05, 0) is 60.9 Å². The van der Waals surface area contributed by atoms with Crippen LogP contribution in [0.15, 0.2) is 41.8 Å². The smallest absolute Gasteiger partial charge is 0.270 e. The van der Waals surface area contributed by atoms with Crippen LogP contribution in [0.1, 0.15) is 48.2 Å². The highest BCUT2D eigenvalue weighted by atomic mass is 32.1. The molecule has 6 heteroatoms. The first kappa shape index (κ1) is 19.8. The number of benzene rings is 1. The van der Waals surface area contributed by atoms with Crippen molar-refractivity contribution in [3.8, 4) is 0 Å². The molecule has 1 aliphatic heterocycles. The van der Waals surface area contributed by atoms with Crippen molar-refractivity contribution in [2.75, 3.05) is 26.2 Å². The third kappa shape index (κ3) is 3.91. The summed E-state index contributed by atoms with van der Waals surface area (Å²) in [6.07, 6.45) is 6.81. The van der Waals surface area contributed by atoms with E-state index < -0.39 is 0 Å². The zero-order valence-electron chi connectivity index (χ0n) is 17.3. The number of halogens is 1. The largest absolute Gasteiger partial charge is 0.331 e. The summed E-state index contributed by atoms with van der Waals surface area (Å²) < 4.78 is 16.5. The van der Waals surface area contributed by atoms with Crippen LogP contribution in [0.4, 0.5) is 4.39 Å². The topological polar surface area (TPSA) is 29.7 Å². The van der Waals surface area contributed by atoms with Crippen LogP contribution in [0.25, 0.3) is 10.2 Å². The third-order valence-corrected chi connectivity index (χ3v) is 7.72. The average Bonchev–Trinajstić information content (AvgIpc) is 3.38. The van der Waals surface area contributed by atoms with E-state index in [4.69, 9.17) is 0 Å². The summed E-state index contributed by atoms with van der Waals surface area (Å²) >= 11 is 1.66. The Morgan fingerprint density at radius 1 is 1.07 bits per heavy atom. The van der Waals surface area contributed by atoms with Crippen molar-refractivity contribution in [2.24, 2.45) is 0 Å². The monoisotopic (exact) mass is 426 g/mol. The molecule has 5 rings (SSSR count). The van der Waals surface area contributed by atoms with Crippen LogP contribution in [0.2, 0.25) is 0 Å². The number of hydrogen-bond donors (Lipinski definition) is 1. The summed E-state index contributed by atoms with van der Waals surface area (Å²) in [6, 6.07) is 11.5. The van der Waals surface area contributed by atoms with Crippen LogP contribution in [-0.2, 0) is 6.54 Å². The number of carbonyl (C=O) groups is 1. The predicted octanol–water partition coefficient (Wildman–Crippen LogP) is 3.56. The highest BCUT2D eigenvalue weighted by Crippen LogP contribution is 2.27. The van der Waals surface area contributed by atoms with Gasteiger partial charge in [0.2, 0.25) is 0 Å². The van der Waals surface area contributed by atoms with E-state index in [9.17, 15) is 9.18 Å². The maximum Gasteiger partial charge on any atom is 0.270 e. The van der Waals surface area contributed by atoms with Gasteiger partial charge >= 0.3 is 0 Å². The molecular weight excluding hydrogens is 397 g/mol. The first-order chi connectivity index (χ1) is 14.7. The highest BCUT2D eigenvalue weighted by molar-refractivity contribution is 7.17. The second-order valence-corrected chi connectivity index (χ2v) is 9.65. The molecule has 1 aromatic carbocycles. The van der Waals surface area contributed by atoms with E-state index in [1.807, 2.05) is 11.0 Å². The highest BCUT2D eigenvalue weighted by Gasteiger charge is 2.31. The number of aromatic nitrogens is 1. The lowest BCUT2D eigenvalue weighted by Gasteiger charge is -2.38. The van der Waals surface area contributed by atoms with Gasteiger partial charge in [-0.2, -0.15) is 0 Å². The van der Waals surface area contributed by atoms with Gasteiger partial charge in [0.1, 0.15) is 11.5 Å². The predicted molar refractivity (Wildman–Crippen MR) is 119 cm³/mol. The molecule has 0 radical (unpaired) electrons. The molecule has 4 nitrogen and oxygen atoms in total. The number of quaternary nitrogens is 1. The fourth-order valence-electron chi connectivity index (χ4n) is 5.18. The Balaban J connectivity index is 1.33. The molecule has 0 spiro atoms. The lowest BCUT2D eigenvalue weighted by Crippen LogP contribution is -3.18. The lowest BCUT2D eigenvalue weighted by molar-refractivity contribution is -0.930. The zero-order valence-corrected chi connectivity index (χ0v) is 18.1. The van der Waals surface area contributed by atoms with Crippen molar-refractivity contribution < 1.29 is 14.1 Å². The van der Waals surface area contributed by atoms with Crippen LogP contribution in [0, 0.1) is 5.82 Å². The van der Waals surface area contributed by atoms with E-state index in [0.29, 0.717) is 6.54 Å². The van der Waals surface area contributed by atoms with Crippen LogP contribution >= 0.6 is 11.3 Å². The summed E-state index contributed by atoms with van der Waals surface area (Å²) in [5, 5.41) is 2.06. The molecule has 1 N–H and O–H groups in total. The number of nitrogens with zero attached hydrogens (tertiary/aromatic N) is 2. The first-order valence-corrected chi connectivity index (χ1v) is 12.0. The number of carbonyl (C=O) groups excluding carboxylic acids is 1. The third-order valence-electron chi connectivity index (χ3n) is 6.87. The molecule has 158 valence electrons. The molecule has 0 atom stereocenters. The lowest BCUT2D eigenvalue weighted by atomic mass is 9.94. The summed E-state index contributed by atoms with van der Waals surface area (Å²) in [5.41, 5.74) is 2.84. The summed E-state index contributed by atoms with van der Waals surface area (Å²) in [4.78, 5) is 17.2. The SMILES string of the molecule is O=C(c1cc2sccc2n1Cc1ccc(F)cc1)N1CC[NH+](C2CCCCC2)CC1. The second kappa shape index (κ2) is 8.52. The van der Waals surface area contributed by atoms with E-state index in [1.54, 1.807) is 28.4 Å². The Bertz CT molecular complexity index is 1010. The van der Waals surface area contributed by atoms with Crippen molar-refractivity contribution >= 4 is 27.5 Å². The molecule has 2 fully saturated rings. The van der Waals surface area contributed by atoms with Gasteiger partial charge in [-0.3, -0.25) is 4.79 Å². The molecule has 0 unspecified atom stereocenters. The Kier molecular flexibility index (Phi) is 5.61. The molecule has 3 heterocycles. The van der Waals surface area contributed by atoms with E-state index in [2.05, 4.69) is 16.0 Å². The zero-order chi connectivity index (χ0) is 20.5. The van der Waals surface area contributed by atoms with E-state index in [0.717, 1.165) is 53.7 Å². The molecule has 2 aliphatic rings. The Hall–Kier alpha value is -2.18. The number of nitrogens with one attached hydrogen (secondary N) is 1. The number of thiophene rings is 1. The number of amides is 1. The van der Waals surface area contributed by atoms with Gasteiger partial charge in [0.15, 0.2) is 0 Å². The van der Waals surface area contributed by atoms with Crippen molar-refractivity contribution in [3.05, 3.63) is 58.9 Å². The Labute approximate surface area is 180 Å². The quantitative estimate of drug-likeness (QED) is 0.679. The van der Waals surface area contributed by atoms with Gasteiger partial charge in [0.05, 0.1) is 42.4 Å². The molecule has 0 bridgehead atoms. The Morgan fingerprint density at radius 3 is 2.53 bits per heavy atom. The fraction of sp³-hybridized carbons (Fsp3) is 0.458. The van der Waals surface area contributed by atoms with Gasteiger partial charge in [-0.1, -0.05) is 18.6 Å². The van der Waals surface area contributed by atoms with Gasteiger partial charge in [-0.15, -0.1) is 11.3 Å². The van der Waals surface area contributed by atoms with E-state index in [-0.39, 0.29) is 11.7 Å². The van der Waals surface area contributed by atoms with Crippen molar-refractivity contribution in [1.29, 1.82) is 0 Å². The number of piperazine rings is 1. The van der Waals surface area contributed by atoms with E-state index >= 15 is 0 Å². The first-order valence-electron chi connectivity index (χ1n) is 11.1. The molecule has 2 aromatic heterocycles. The molecule has 1 saturated heterocycles. The normalized spacial score (nSPS) is 18.9. The Morgan fingerprint density at radius 2 is 1.80 bits per heavy atom. The second-order valence-electron chi connectivity index (χ2n) is 8.70. The summed E-state index contributed by atoms with van der Waals surface area (Å²) in [5.74, 6) is -0.107. The van der Waals surface area contributed by atoms with Crippen molar-refractivity contribution in [3.63, 3.8) is 0 Å². The molecule has 3 aromatic rings. The maximum atomic E-state index is 13.5. The molecule has 1 saturated carbocycles. The summed E-state index contributed by atoms with van der Waals surface area (Å²) in [7, 11) is 0. The number of rotatable bonds is 4. The van der Waals surface area contributed by atoms with Gasteiger partial charge in [0, 0.05) is 6.54 Å². The van der Waals surface area contributed by atoms with Crippen molar-refractivity contribution in [1.82, 2.24) is 9.47 Å².